The topological polar surface area (TPSA) is 65.0 Å². The van der Waals surface area contributed by atoms with E-state index in [1.165, 1.54) is 25.7 Å². The molecule has 0 bridgehead atoms. The van der Waals surface area contributed by atoms with Crippen LogP contribution in [0.3, 0.4) is 0 Å². The predicted octanol–water partition coefficient (Wildman–Crippen LogP) is 2.01. The van der Waals surface area contributed by atoms with Crippen LogP contribution in [0.1, 0.15) is 44.1 Å². The second-order valence-corrected chi connectivity index (χ2v) is 7.99. The number of carbonyl (C=O) groups is 1. The molecule has 2 heterocycles. The average Bonchev–Trinajstić information content (AvgIpc) is 2.94. The highest BCUT2D eigenvalue weighted by Gasteiger charge is 2.19. The molecule has 6 nitrogen and oxygen atoms in total. The first-order chi connectivity index (χ1) is 13.7. The number of hydrogen-bond acceptors (Lipinski definition) is 5. The van der Waals surface area contributed by atoms with Gasteiger partial charge in [-0.25, -0.2) is 0 Å². The molecule has 0 aliphatic carbocycles. The van der Waals surface area contributed by atoms with Crippen molar-refractivity contribution in [2.75, 3.05) is 45.9 Å². The predicted molar refractivity (Wildman–Crippen MR) is 110 cm³/mol. The fourth-order valence-corrected chi connectivity index (χ4v) is 3.99. The number of β-amino-alcohol motifs (C(OH)–C–C–N with tert-alkyl or cyclic N) is 1. The van der Waals surface area contributed by atoms with Crippen LogP contribution >= 0.6 is 0 Å². The van der Waals surface area contributed by atoms with Gasteiger partial charge in [-0.2, -0.15) is 0 Å². The summed E-state index contributed by atoms with van der Waals surface area (Å²) in [6.07, 6.45) is 6.29. The van der Waals surface area contributed by atoms with E-state index in [4.69, 9.17) is 4.74 Å². The lowest BCUT2D eigenvalue weighted by molar-refractivity contribution is -0.127. The monoisotopic (exact) mass is 389 g/mol. The quantitative estimate of drug-likeness (QED) is 0.600. The fourth-order valence-electron chi connectivity index (χ4n) is 3.99. The zero-order chi connectivity index (χ0) is 19.6. The molecule has 156 valence electrons. The highest BCUT2D eigenvalue weighted by atomic mass is 16.5. The number of amides is 1. The van der Waals surface area contributed by atoms with Gasteiger partial charge in [-0.3, -0.25) is 4.79 Å². The van der Waals surface area contributed by atoms with E-state index in [-0.39, 0.29) is 5.91 Å². The van der Waals surface area contributed by atoms with Gasteiger partial charge in [0, 0.05) is 39.1 Å². The molecule has 3 rings (SSSR count). The molecule has 1 aromatic rings. The van der Waals surface area contributed by atoms with Crippen LogP contribution in [0.4, 0.5) is 0 Å². The molecular weight excluding hydrogens is 354 g/mol. The van der Waals surface area contributed by atoms with E-state index in [1.807, 2.05) is 23.1 Å². The first-order valence-electron chi connectivity index (χ1n) is 10.8. The number of carbonyl (C=O) groups excluding carboxylic acids is 1. The number of ether oxygens (including phenoxy) is 1. The summed E-state index contributed by atoms with van der Waals surface area (Å²) in [7, 11) is 0. The van der Waals surface area contributed by atoms with Crippen LogP contribution in [0, 0.1) is 0 Å². The first kappa shape index (κ1) is 21.1. The van der Waals surface area contributed by atoms with E-state index >= 15 is 0 Å². The lowest BCUT2D eigenvalue weighted by Gasteiger charge is -2.23. The Hall–Kier alpha value is -1.63. The van der Waals surface area contributed by atoms with Crippen LogP contribution < -0.4 is 10.1 Å². The number of hydrogen-bond donors (Lipinski definition) is 2. The van der Waals surface area contributed by atoms with Gasteiger partial charge in [0.05, 0.1) is 0 Å². The van der Waals surface area contributed by atoms with Crippen molar-refractivity contribution in [1.82, 2.24) is 15.1 Å². The third-order valence-electron chi connectivity index (χ3n) is 5.57. The van der Waals surface area contributed by atoms with Gasteiger partial charge in [0.15, 0.2) is 0 Å². The second-order valence-electron chi connectivity index (χ2n) is 7.99. The molecule has 2 fully saturated rings. The van der Waals surface area contributed by atoms with Crippen LogP contribution in [0.2, 0.25) is 0 Å². The number of rotatable bonds is 10. The number of nitrogens with zero attached hydrogens (tertiary/aromatic N) is 2. The van der Waals surface area contributed by atoms with Gasteiger partial charge in [-0.1, -0.05) is 25.0 Å². The van der Waals surface area contributed by atoms with Crippen LogP contribution in [-0.4, -0.2) is 72.8 Å². The molecule has 6 heteroatoms. The highest BCUT2D eigenvalue weighted by molar-refractivity contribution is 5.78. The van der Waals surface area contributed by atoms with E-state index in [1.54, 1.807) is 0 Å². The Kier molecular flexibility index (Phi) is 8.58. The molecular formula is C22H35N3O3. The normalized spacial score (nSPS) is 19.6. The van der Waals surface area contributed by atoms with E-state index in [2.05, 4.69) is 16.3 Å². The average molecular weight is 390 g/mol. The minimum atomic E-state index is -0.460. The molecule has 1 aromatic carbocycles. The number of likely N-dealkylation sites (tertiary alicyclic amines) is 2. The van der Waals surface area contributed by atoms with Gasteiger partial charge in [-0.15, -0.1) is 0 Å². The standard InChI is InChI=1S/C22H35N3O3/c26-20(17-24-11-3-1-2-4-12-24)18-28-21-8-5-7-19(15-21)16-23-10-14-25-13-6-9-22(25)27/h5,7-8,15,20,23,26H,1-4,6,9-14,16-18H2. The Morgan fingerprint density at radius 2 is 1.93 bits per heavy atom. The summed E-state index contributed by atoms with van der Waals surface area (Å²) >= 11 is 0. The van der Waals surface area contributed by atoms with Gasteiger partial charge in [0.25, 0.3) is 0 Å². The molecule has 1 atom stereocenters. The maximum absolute atomic E-state index is 11.6. The molecule has 28 heavy (non-hydrogen) atoms. The van der Waals surface area contributed by atoms with Gasteiger partial charge >= 0.3 is 0 Å². The zero-order valence-corrected chi connectivity index (χ0v) is 16.9. The molecule has 0 spiro atoms. The number of aliphatic hydroxyl groups excluding tert-OH is 1. The Labute approximate surface area is 168 Å². The molecule has 2 N–H and O–H groups in total. The minimum absolute atomic E-state index is 0.274. The van der Waals surface area contributed by atoms with Crippen molar-refractivity contribution in [2.24, 2.45) is 0 Å². The van der Waals surface area contributed by atoms with Gasteiger partial charge in [0.1, 0.15) is 18.5 Å². The summed E-state index contributed by atoms with van der Waals surface area (Å²) in [5.41, 5.74) is 1.15. The summed E-state index contributed by atoms with van der Waals surface area (Å²) in [5.74, 6) is 1.07. The van der Waals surface area contributed by atoms with Crippen LogP contribution in [0.15, 0.2) is 24.3 Å². The molecule has 1 unspecified atom stereocenters. The summed E-state index contributed by atoms with van der Waals surface area (Å²) in [4.78, 5) is 15.9. The third-order valence-corrected chi connectivity index (χ3v) is 5.57. The summed E-state index contributed by atoms with van der Waals surface area (Å²) < 4.78 is 5.83. The largest absolute Gasteiger partial charge is 0.491 e. The van der Waals surface area contributed by atoms with E-state index < -0.39 is 6.10 Å². The number of benzene rings is 1. The lowest BCUT2D eigenvalue weighted by Crippen LogP contribution is -2.36. The Bertz CT molecular complexity index is 602. The maximum Gasteiger partial charge on any atom is 0.222 e. The summed E-state index contributed by atoms with van der Waals surface area (Å²) in [6, 6.07) is 8.00. The number of nitrogens with one attached hydrogen (secondary N) is 1. The van der Waals surface area contributed by atoms with Crippen molar-refractivity contribution in [2.45, 2.75) is 51.2 Å². The lowest BCUT2D eigenvalue weighted by atomic mass is 10.2. The molecule has 2 aliphatic heterocycles. The molecule has 1 amide bonds. The molecule has 2 aliphatic rings. The summed E-state index contributed by atoms with van der Waals surface area (Å²) in [6.45, 7) is 6.39. The Morgan fingerprint density at radius 3 is 2.68 bits per heavy atom. The smallest absolute Gasteiger partial charge is 0.222 e. The Morgan fingerprint density at radius 1 is 1.11 bits per heavy atom. The maximum atomic E-state index is 11.6. The van der Waals surface area contributed by atoms with Crippen molar-refractivity contribution in [3.05, 3.63) is 29.8 Å². The molecule has 0 radical (unpaired) electrons. The van der Waals surface area contributed by atoms with Gasteiger partial charge in [-0.05, 0) is 50.0 Å². The van der Waals surface area contributed by atoms with Crippen LogP contribution in [0.5, 0.6) is 5.75 Å². The van der Waals surface area contributed by atoms with Gasteiger partial charge in [0.2, 0.25) is 5.91 Å². The zero-order valence-electron chi connectivity index (χ0n) is 16.9. The van der Waals surface area contributed by atoms with Crippen molar-refractivity contribution < 1.29 is 14.6 Å². The van der Waals surface area contributed by atoms with Crippen LogP contribution in [0.25, 0.3) is 0 Å². The highest BCUT2D eigenvalue weighted by Crippen LogP contribution is 2.15. The van der Waals surface area contributed by atoms with Crippen molar-refractivity contribution in [1.29, 1.82) is 0 Å². The third kappa shape index (κ3) is 7.08. The van der Waals surface area contributed by atoms with E-state index in [9.17, 15) is 9.90 Å². The van der Waals surface area contributed by atoms with Crippen molar-refractivity contribution in [3.63, 3.8) is 0 Å². The van der Waals surface area contributed by atoms with E-state index in [0.717, 1.165) is 57.0 Å². The molecule has 0 saturated carbocycles. The fraction of sp³-hybridized carbons (Fsp3) is 0.682. The summed E-state index contributed by atoms with van der Waals surface area (Å²) in [5, 5.41) is 13.7. The minimum Gasteiger partial charge on any atom is -0.491 e. The molecule has 2 saturated heterocycles. The van der Waals surface area contributed by atoms with Crippen molar-refractivity contribution in [3.8, 4) is 5.75 Å². The first-order valence-corrected chi connectivity index (χ1v) is 10.8. The second kappa shape index (κ2) is 11.4. The van der Waals surface area contributed by atoms with Crippen molar-refractivity contribution >= 4 is 5.91 Å². The van der Waals surface area contributed by atoms with E-state index in [0.29, 0.717) is 19.6 Å². The number of aliphatic hydroxyl groups is 1. The molecule has 0 aromatic heterocycles. The SMILES string of the molecule is O=C1CCCN1CCNCc1cccc(OCC(O)CN2CCCCCC2)c1. The van der Waals surface area contributed by atoms with Crippen LogP contribution in [-0.2, 0) is 11.3 Å². The van der Waals surface area contributed by atoms with Gasteiger partial charge < -0.3 is 25.0 Å². The Balaban J connectivity index is 1.34.